The number of carboxylic acid groups (broad SMARTS) is 1. The molecule has 0 radical (unpaired) electrons. The summed E-state index contributed by atoms with van der Waals surface area (Å²) in [6, 6.07) is 6.24. The van der Waals surface area contributed by atoms with Gasteiger partial charge in [0.25, 0.3) is 0 Å². The fourth-order valence-corrected chi connectivity index (χ4v) is 1.44. The monoisotopic (exact) mass is 252 g/mol. The van der Waals surface area contributed by atoms with Crippen LogP contribution in [-0.4, -0.2) is 34.2 Å². The van der Waals surface area contributed by atoms with Crippen molar-refractivity contribution in [3.8, 4) is 0 Å². The number of aliphatic carboxylic acids is 1. The Balaban J connectivity index is 2.73. The van der Waals surface area contributed by atoms with Gasteiger partial charge in [0.2, 0.25) is 5.91 Å². The number of carbonyl (C=O) groups is 2. The van der Waals surface area contributed by atoms with Crippen molar-refractivity contribution in [1.29, 1.82) is 0 Å². The highest BCUT2D eigenvalue weighted by molar-refractivity contribution is 5.87. The molecule has 1 unspecified atom stereocenters. The molecule has 6 heteroatoms. The van der Waals surface area contributed by atoms with Gasteiger partial charge in [0.15, 0.2) is 6.04 Å². The van der Waals surface area contributed by atoms with Crippen molar-refractivity contribution in [1.82, 2.24) is 5.32 Å². The zero-order valence-corrected chi connectivity index (χ0v) is 9.91. The molecule has 0 aromatic heterocycles. The predicted octanol–water partition coefficient (Wildman–Crippen LogP) is -0.363. The fourth-order valence-electron chi connectivity index (χ4n) is 1.44. The van der Waals surface area contributed by atoms with Gasteiger partial charge in [-0.15, -0.1) is 0 Å². The molecule has 0 spiro atoms. The van der Waals surface area contributed by atoms with Gasteiger partial charge < -0.3 is 21.3 Å². The minimum atomic E-state index is -1.37. The maximum atomic E-state index is 11.8. The average Bonchev–Trinajstić information content (AvgIpc) is 2.35. The van der Waals surface area contributed by atoms with Crippen molar-refractivity contribution in [2.45, 2.75) is 25.1 Å². The van der Waals surface area contributed by atoms with Crippen LogP contribution in [0.15, 0.2) is 30.3 Å². The lowest BCUT2D eigenvalue weighted by atomic mass is 10.1. The number of nitrogens with two attached hydrogens (primary N) is 1. The van der Waals surface area contributed by atoms with Gasteiger partial charge >= 0.3 is 5.97 Å². The second-order valence-electron chi connectivity index (χ2n) is 3.95. The molecule has 1 aromatic rings. The SMILES string of the molecule is C[C@@H](O)[C@H](NC(=O)C(N)c1ccccc1)C(=O)O. The lowest BCUT2D eigenvalue weighted by molar-refractivity contribution is -0.145. The molecule has 18 heavy (non-hydrogen) atoms. The van der Waals surface area contributed by atoms with Crippen LogP contribution in [0, 0.1) is 0 Å². The number of carbonyl (C=O) groups excluding carboxylic acids is 1. The second kappa shape index (κ2) is 6.13. The summed E-state index contributed by atoms with van der Waals surface area (Å²) >= 11 is 0. The third-order valence-corrected chi connectivity index (χ3v) is 2.49. The first-order valence-corrected chi connectivity index (χ1v) is 5.45. The number of rotatable bonds is 5. The highest BCUT2D eigenvalue weighted by Crippen LogP contribution is 2.10. The van der Waals surface area contributed by atoms with Crippen molar-refractivity contribution in [2.75, 3.05) is 0 Å². The van der Waals surface area contributed by atoms with Crippen LogP contribution >= 0.6 is 0 Å². The number of hydrogen-bond donors (Lipinski definition) is 4. The van der Waals surface area contributed by atoms with Crippen LogP contribution in [0.25, 0.3) is 0 Å². The molecular formula is C12H16N2O4. The number of nitrogens with one attached hydrogen (secondary N) is 1. The van der Waals surface area contributed by atoms with Crippen molar-refractivity contribution < 1.29 is 19.8 Å². The number of carboxylic acids is 1. The number of aliphatic hydroxyl groups is 1. The summed E-state index contributed by atoms with van der Waals surface area (Å²) in [7, 11) is 0. The van der Waals surface area contributed by atoms with Crippen molar-refractivity contribution in [2.24, 2.45) is 5.73 Å². The predicted molar refractivity (Wildman–Crippen MR) is 64.6 cm³/mol. The molecule has 1 rings (SSSR count). The van der Waals surface area contributed by atoms with Crippen molar-refractivity contribution in [3.63, 3.8) is 0 Å². The molecule has 0 aliphatic heterocycles. The quantitative estimate of drug-likeness (QED) is 0.571. The van der Waals surface area contributed by atoms with E-state index in [1.165, 1.54) is 6.92 Å². The lowest BCUT2D eigenvalue weighted by Crippen LogP contribution is -2.50. The van der Waals surface area contributed by atoms with E-state index in [1.54, 1.807) is 30.3 Å². The minimum Gasteiger partial charge on any atom is -0.480 e. The Bertz CT molecular complexity index is 419. The summed E-state index contributed by atoms with van der Waals surface area (Å²) in [6.07, 6.45) is -1.20. The third-order valence-electron chi connectivity index (χ3n) is 2.49. The Hall–Kier alpha value is -1.92. The first-order valence-electron chi connectivity index (χ1n) is 5.45. The average molecular weight is 252 g/mol. The van der Waals surface area contributed by atoms with Crippen LogP contribution in [0.4, 0.5) is 0 Å². The van der Waals surface area contributed by atoms with Crippen LogP contribution in [0.5, 0.6) is 0 Å². The van der Waals surface area contributed by atoms with E-state index in [0.29, 0.717) is 5.56 Å². The minimum absolute atomic E-state index is 0.574. The molecule has 0 aliphatic rings. The Morgan fingerprint density at radius 3 is 2.28 bits per heavy atom. The largest absolute Gasteiger partial charge is 0.480 e. The molecule has 1 amide bonds. The number of hydrogen-bond acceptors (Lipinski definition) is 4. The molecule has 0 heterocycles. The summed E-state index contributed by atoms with van der Waals surface area (Å²) in [5.41, 5.74) is 6.27. The van der Waals surface area contributed by atoms with Gasteiger partial charge in [-0.2, -0.15) is 0 Å². The van der Waals surface area contributed by atoms with Crippen LogP contribution < -0.4 is 11.1 Å². The summed E-state index contributed by atoms with van der Waals surface area (Å²) in [5.74, 6) is -1.95. The van der Waals surface area contributed by atoms with Crippen LogP contribution in [0.2, 0.25) is 0 Å². The zero-order chi connectivity index (χ0) is 13.7. The molecule has 0 bridgehead atoms. The highest BCUT2D eigenvalue weighted by atomic mass is 16.4. The van der Waals surface area contributed by atoms with Gasteiger partial charge in [-0.05, 0) is 12.5 Å². The standard InChI is InChI=1S/C12H16N2O4/c1-7(15)10(12(17)18)14-11(16)9(13)8-5-3-2-4-6-8/h2-7,9-10,15H,13H2,1H3,(H,14,16)(H,17,18)/t7-,9?,10+/m1/s1. The van der Waals surface area contributed by atoms with E-state index in [9.17, 15) is 14.7 Å². The van der Waals surface area contributed by atoms with Crippen LogP contribution in [-0.2, 0) is 9.59 Å². The summed E-state index contributed by atoms with van der Waals surface area (Å²) in [4.78, 5) is 22.6. The van der Waals surface area contributed by atoms with E-state index in [2.05, 4.69) is 5.32 Å². The summed E-state index contributed by atoms with van der Waals surface area (Å²) in [6.45, 7) is 1.28. The summed E-state index contributed by atoms with van der Waals surface area (Å²) < 4.78 is 0. The molecule has 1 aromatic carbocycles. The van der Waals surface area contributed by atoms with Crippen molar-refractivity contribution >= 4 is 11.9 Å². The Morgan fingerprint density at radius 2 is 1.83 bits per heavy atom. The highest BCUT2D eigenvalue weighted by Gasteiger charge is 2.27. The van der Waals surface area contributed by atoms with Crippen LogP contribution in [0.1, 0.15) is 18.5 Å². The Labute approximate surface area is 104 Å². The van der Waals surface area contributed by atoms with Crippen LogP contribution in [0.3, 0.4) is 0 Å². The number of amides is 1. The van der Waals surface area contributed by atoms with Gasteiger partial charge in [-0.1, -0.05) is 30.3 Å². The molecule has 98 valence electrons. The number of aliphatic hydroxyl groups excluding tert-OH is 1. The van der Waals surface area contributed by atoms with Gasteiger partial charge in [-0.25, -0.2) is 4.79 Å². The van der Waals surface area contributed by atoms with Gasteiger partial charge in [-0.3, -0.25) is 4.79 Å². The van der Waals surface area contributed by atoms with E-state index in [-0.39, 0.29) is 0 Å². The van der Waals surface area contributed by atoms with E-state index in [4.69, 9.17) is 10.8 Å². The van der Waals surface area contributed by atoms with Gasteiger partial charge in [0.1, 0.15) is 6.04 Å². The van der Waals surface area contributed by atoms with Crippen molar-refractivity contribution in [3.05, 3.63) is 35.9 Å². The number of benzene rings is 1. The first-order chi connectivity index (χ1) is 8.43. The second-order valence-corrected chi connectivity index (χ2v) is 3.95. The van der Waals surface area contributed by atoms with Gasteiger partial charge in [0.05, 0.1) is 6.10 Å². The molecule has 3 atom stereocenters. The third kappa shape index (κ3) is 3.54. The maximum absolute atomic E-state index is 11.8. The Morgan fingerprint density at radius 1 is 1.28 bits per heavy atom. The first kappa shape index (κ1) is 14.1. The topological polar surface area (TPSA) is 113 Å². The normalized spacial score (nSPS) is 15.5. The summed E-state index contributed by atoms with van der Waals surface area (Å²) in [5, 5.41) is 20.3. The molecule has 5 N–H and O–H groups in total. The molecule has 6 nitrogen and oxygen atoms in total. The zero-order valence-electron chi connectivity index (χ0n) is 9.91. The van der Waals surface area contributed by atoms with E-state index >= 15 is 0 Å². The smallest absolute Gasteiger partial charge is 0.328 e. The molecule has 0 fully saturated rings. The fraction of sp³-hybridized carbons (Fsp3) is 0.333. The molecule has 0 saturated carbocycles. The lowest BCUT2D eigenvalue weighted by Gasteiger charge is -2.19. The molecular weight excluding hydrogens is 236 g/mol. The molecule has 0 saturated heterocycles. The van der Waals surface area contributed by atoms with E-state index < -0.39 is 30.1 Å². The van der Waals surface area contributed by atoms with E-state index in [0.717, 1.165) is 0 Å². The maximum Gasteiger partial charge on any atom is 0.328 e. The van der Waals surface area contributed by atoms with Gasteiger partial charge in [0, 0.05) is 0 Å². The molecule has 0 aliphatic carbocycles. The Kier molecular flexibility index (Phi) is 4.82. The van der Waals surface area contributed by atoms with E-state index in [1.807, 2.05) is 0 Å².